The van der Waals surface area contributed by atoms with Crippen LogP contribution in [0.4, 0.5) is 5.69 Å². The molecule has 1 amide bonds. The van der Waals surface area contributed by atoms with Crippen LogP contribution in [0, 0.1) is 5.92 Å². The summed E-state index contributed by atoms with van der Waals surface area (Å²) in [6.07, 6.45) is 1.71. The van der Waals surface area contributed by atoms with Crippen LogP contribution in [0.3, 0.4) is 0 Å². The predicted molar refractivity (Wildman–Crippen MR) is 70.1 cm³/mol. The van der Waals surface area contributed by atoms with Crippen molar-refractivity contribution in [3.05, 3.63) is 18.2 Å². The van der Waals surface area contributed by atoms with Crippen LogP contribution < -0.4 is 14.8 Å². The van der Waals surface area contributed by atoms with Crippen LogP contribution in [0.25, 0.3) is 0 Å². The highest BCUT2D eigenvalue weighted by molar-refractivity contribution is 5.92. The van der Waals surface area contributed by atoms with E-state index in [1.807, 2.05) is 32.0 Å². The van der Waals surface area contributed by atoms with E-state index in [0.717, 1.165) is 24.3 Å². The second kappa shape index (κ2) is 5.76. The van der Waals surface area contributed by atoms with Crippen LogP contribution in [0.2, 0.25) is 0 Å². The Labute approximate surface area is 107 Å². The molecular weight excluding hydrogens is 230 g/mol. The highest BCUT2D eigenvalue weighted by Crippen LogP contribution is 2.32. The Morgan fingerprint density at radius 3 is 2.78 bits per heavy atom. The summed E-state index contributed by atoms with van der Waals surface area (Å²) in [7, 11) is 0. The maximum absolute atomic E-state index is 11.8. The lowest BCUT2D eigenvalue weighted by atomic mass is 10.1. The SMILES string of the molecule is CCC(C)C(=O)Nc1ccc2c(c1)OCCCO2. The number of ether oxygens (including phenoxy) is 2. The molecule has 1 N–H and O–H groups in total. The largest absolute Gasteiger partial charge is 0.490 e. The molecule has 18 heavy (non-hydrogen) atoms. The molecule has 4 nitrogen and oxygen atoms in total. The molecule has 98 valence electrons. The smallest absolute Gasteiger partial charge is 0.227 e. The van der Waals surface area contributed by atoms with Gasteiger partial charge in [-0.25, -0.2) is 0 Å². The van der Waals surface area contributed by atoms with Crippen molar-refractivity contribution in [3.63, 3.8) is 0 Å². The molecule has 1 aliphatic heterocycles. The molecule has 0 saturated carbocycles. The molecule has 0 aromatic heterocycles. The fraction of sp³-hybridized carbons (Fsp3) is 0.500. The second-order valence-electron chi connectivity index (χ2n) is 4.51. The number of benzene rings is 1. The average Bonchev–Trinajstić information content (AvgIpc) is 2.62. The van der Waals surface area contributed by atoms with Crippen molar-refractivity contribution in [2.45, 2.75) is 26.7 Å². The molecule has 1 aromatic carbocycles. The van der Waals surface area contributed by atoms with Crippen molar-refractivity contribution in [1.82, 2.24) is 0 Å². The van der Waals surface area contributed by atoms with Gasteiger partial charge in [0.2, 0.25) is 5.91 Å². The first-order chi connectivity index (χ1) is 8.70. The number of carbonyl (C=O) groups excluding carboxylic acids is 1. The van der Waals surface area contributed by atoms with E-state index in [9.17, 15) is 4.79 Å². The Kier molecular flexibility index (Phi) is 4.07. The van der Waals surface area contributed by atoms with Crippen molar-refractivity contribution in [1.29, 1.82) is 0 Å². The van der Waals surface area contributed by atoms with E-state index in [-0.39, 0.29) is 11.8 Å². The minimum absolute atomic E-state index is 0.0148. The van der Waals surface area contributed by atoms with E-state index < -0.39 is 0 Å². The molecule has 1 heterocycles. The van der Waals surface area contributed by atoms with Crippen LogP contribution in [-0.2, 0) is 4.79 Å². The third-order valence-corrected chi connectivity index (χ3v) is 3.08. The van der Waals surface area contributed by atoms with E-state index in [4.69, 9.17) is 9.47 Å². The van der Waals surface area contributed by atoms with Gasteiger partial charge in [0, 0.05) is 24.1 Å². The third-order valence-electron chi connectivity index (χ3n) is 3.08. The molecule has 0 saturated heterocycles. The second-order valence-corrected chi connectivity index (χ2v) is 4.51. The summed E-state index contributed by atoms with van der Waals surface area (Å²) in [5.41, 5.74) is 0.754. The number of hydrogen-bond acceptors (Lipinski definition) is 3. The normalized spacial score (nSPS) is 15.7. The molecule has 0 bridgehead atoms. The Hall–Kier alpha value is -1.71. The molecule has 0 radical (unpaired) electrons. The molecule has 2 rings (SSSR count). The Balaban J connectivity index is 2.11. The lowest BCUT2D eigenvalue weighted by molar-refractivity contribution is -0.119. The molecule has 0 aliphatic carbocycles. The molecule has 0 spiro atoms. The number of amides is 1. The van der Waals surface area contributed by atoms with Gasteiger partial charge < -0.3 is 14.8 Å². The Bertz CT molecular complexity index is 431. The van der Waals surface area contributed by atoms with E-state index in [0.29, 0.717) is 19.0 Å². The summed E-state index contributed by atoms with van der Waals surface area (Å²) >= 11 is 0. The van der Waals surface area contributed by atoms with E-state index in [2.05, 4.69) is 5.32 Å². The molecule has 1 aromatic rings. The van der Waals surface area contributed by atoms with Gasteiger partial charge in [0.25, 0.3) is 0 Å². The maximum atomic E-state index is 11.8. The van der Waals surface area contributed by atoms with E-state index >= 15 is 0 Å². The van der Waals surface area contributed by atoms with Gasteiger partial charge in [-0.05, 0) is 18.6 Å². The van der Waals surface area contributed by atoms with Crippen molar-refractivity contribution in [2.75, 3.05) is 18.5 Å². The fourth-order valence-corrected chi connectivity index (χ4v) is 1.69. The summed E-state index contributed by atoms with van der Waals surface area (Å²) in [6.45, 7) is 5.23. The standard InChI is InChI=1S/C14H19NO3/c1-3-10(2)14(16)15-11-5-6-12-13(9-11)18-8-4-7-17-12/h5-6,9-10H,3-4,7-8H2,1-2H3,(H,15,16). The lowest BCUT2D eigenvalue weighted by Gasteiger charge is -2.12. The quantitative estimate of drug-likeness (QED) is 0.896. The molecular formula is C14H19NO3. The van der Waals surface area contributed by atoms with Gasteiger partial charge in [0.1, 0.15) is 0 Å². The minimum atomic E-state index is 0.0148. The van der Waals surface area contributed by atoms with Gasteiger partial charge in [-0.3, -0.25) is 4.79 Å². The van der Waals surface area contributed by atoms with Gasteiger partial charge in [-0.1, -0.05) is 13.8 Å². The van der Waals surface area contributed by atoms with Crippen LogP contribution >= 0.6 is 0 Å². The minimum Gasteiger partial charge on any atom is -0.490 e. The molecule has 1 atom stereocenters. The zero-order chi connectivity index (χ0) is 13.0. The van der Waals surface area contributed by atoms with Crippen molar-refractivity contribution in [3.8, 4) is 11.5 Å². The third kappa shape index (κ3) is 2.94. The topological polar surface area (TPSA) is 47.6 Å². The zero-order valence-electron chi connectivity index (χ0n) is 10.9. The first-order valence-electron chi connectivity index (χ1n) is 6.41. The molecule has 0 fully saturated rings. The van der Waals surface area contributed by atoms with E-state index in [1.54, 1.807) is 0 Å². The van der Waals surface area contributed by atoms with Crippen LogP contribution in [-0.4, -0.2) is 19.1 Å². The highest BCUT2D eigenvalue weighted by atomic mass is 16.5. The number of rotatable bonds is 3. The molecule has 1 aliphatic rings. The fourth-order valence-electron chi connectivity index (χ4n) is 1.69. The number of fused-ring (bicyclic) bond motifs is 1. The van der Waals surface area contributed by atoms with Gasteiger partial charge in [-0.2, -0.15) is 0 Å². The van der Waals surface area contributed by atoms with Gasteiger partial charge >= 0.3 is 0 Å². The van der Waals surface area contributed by atoms with Crippen molar-refractivity contribution >= 4 is 11.6 Å². The number of anilines is 1. The summed E-state index contributed by atoms with van der Waals surface area (Å²) in [4.78, 5) is 11.8. The summed E-state index contributed by atoms with van der Waals surface area (Å²) in [5.74, 6) is 1.50. The monoisotopic (exact) mass is 249 g/mol. The summed E-state index contributed by atoms with van der Waals surface area (Å²) in [6, 6.07) is 5.50. The molecule has 4 heteroatoms. The van der Waals surface area contributed by atoms with Gasteiger partial charge in [0.05, 0.1) is 13.2 Å². The lowest BCUT2D eigenvalue weighted by Crippen LogP contribution is -2.19. The average molecular weight is 249 g/mol. The van der Waals surface area contributed by atoms with Crippen molar-refractivity contribution < 1.29 is 14.3 Å². The first-order valence-corrected chi connectivity index (χ1v) is 6.41. The number of nitrogens with one attached hydrogen (secondary N) is 1. The zero-order valence-corrected chi connectivity index (χ0v) is 10.9. The molecule has 1 unspecified atom stereocenters. The van der Waals surface area contributed by atoms with Crippen LogP contribution in [0.1, 0.15) is 26.7 Å². The maximum Gasteiger partial charge on any atom is 0.227 e. The van der Waals surface area contributed by atoms with Crippen molar-refractivity contribution in [2.24, 2.45) is 5.92 Å². The summed E-state index contributed by atoms with van der Waals surface area (Å²) < 4.78 is 11.1. The van der Waals surface area contributed by atoms with Gasteiger partial charge in [-0.15, -0.1) is 0 Å². The number of carbonyl (C=O) groups is 1. The highest BCUT2D eigenvalue weighted by Gasteiger charge is 2.14. The Morgan fingerprint density at radius 2 is 2.06 bits per heavy atom. The predicted octanol–water partition coefficient (Wildman–Crippen LogP) is 2.83. The van der Waals surface area contributed by atoms with Crippen LogP contribution in [0.5, 0.6) is 11.5 Å². The first kappa shape index (κ1) is 12.7. The van der Waals surface area contributed by atoms with Crippen LogP contribution in [0.15, 0.2) is 18.2 Å². The van der Waals surface area contributed by atoms with E-state index in [1.165, 1.54) is 0 Å². The Morgan fingerprint density at radius 1 is 1.33 bits per heavy atom. The number of hydrogen-bond donors (Lipinski definition) is 1. The van der Waals surface area contributed by atoms with Gasteiger partial charge in [0.15, 0.2) is 11.5 Å². The summed E-state index contributed by atoms with van der Waals surface area (Å²) in [5, 5.41) is 2.89.